The topological polar surface area (TPSA) is 77.4 Å². The molecule has 1 aromatic heterocycles. The van der Waals surface area contributed by atoms with Crippen molar-refractivity contribution in [2.45, 2.75) is 26.8 Å². The highest BCUT2D eigenvalue weighted by molar-refractivity contribution is 7.89. The number of fused-ring (bicyclic) bond motifs is 1. The van der Waals surface area contributed by atoms with Crippen molar-refractivity contribution in [2.75, 3.05) is 13.4 Å². The van der Waals surface area contributed by atoms with Crippen LogP contribution in [0.15, 0.2) is 18.2 Å². The number of nitrogens with one attached hydrogen (secondary N) is 1. The Morgan fingerprint density at radius 2 is 2.05 bits per heavy atom. The SMILES string of the molecule is CCCn1c(C)c(C(=O)NS(C)(=O)=O)c2cc(OC)ccc21. The van der Waals surface area contributed by atoms with E-state index in [9.17, 15) is 13.2 Å². The smallest absolute Gasteiger partial charge is 0.267 e. The fourth-order valence-corrected chi connectivity index (χ4v) is 3.04. The van der Waals surface area contributed by atoms with Gasteiger partial charge in [0.25, 0.3) is 5.91 Å². The van der Waals surface area contributed by atoms with Gasteiger partial charge in [0.2, 0.25) is 10.0 Å². The molecule has 0 atom stereocenters. The Balaban J connectivity index is 2.70. The van der Waals surface area contributed by atoms with Gasteiger partial charge in [-0.1, -0.05) is 6.92 Å². The Bertz CT molecular complexity index is 822. The summed E-state index contributed by atoms with van der Waals surface area (Å²) in [5, 5.41) is 0.687. The Morgan fingerprint density at radius 3 is 2.59 bits per heavy atom. The van der Waals surface area contributed by atoms with E-state index in [1.807, 2.05) is 35.3 Å². The standard InChI is InChI=1S/C15H20N2O4S/c1-5-8-17-10(2)14(15(18)16-22(4,19)20)12-9-11(21-3)6-7-13(12)17/h6-7,9H,5,8H2,1-4H3,(H,16,18). The number of methoxy groups -OCH3 is 1. The summed E-state index contributed by atoms with van der Waals surface area (Å²) >= 11 is 0. The highest BCUT2D eigenvalue weighted by atomic mass is 32.2. The van der Waals surface area contributed by atoms with Crippen molar-refractivity contribution in [3.8, 4) is 5.75 Å². The van der Waals surface area contributed by atoms with Crippen LogP contribution in [0.1, 0.15) is 29.4 Å². The molecule has 1 amide bonds. The number of aryl methyl sites for hydroxylation is 1. The number of nitrogens with zero attached hydrogens (tertiary/aromatic N) is 1. The predicted octanol–water partition coefficient (Wildman–Crippen LogP) is 2.06. The summed E-state index contributed by atoms with van der Waals surface area (Å²) in [7, 11) is -2.07. The van der Waals surface area contributed by atoms with Crippen LogP contribution >= 0.6 is 0 Å². The Kier molecular flexibility index (Phi) is 4.46. The van der Waals surface area contributed by atoms with Gasteiger partial charge < -0.3 is 9.30 Å². The van der Waals surface area contributed by atoms with Crippen LogP contribution in [-0.4, -0.2) is 32.3 Å². The zero-order chi connectivity index (χ0) is 16.5. The van der Waals surface area contributed by atoms with Crippen LogP contribution in [0.3, 0.4) is 0 Å². The summed E-state index contributed by atoms with van der Waals surface area (Å²) in [5.74, 6) is 0.00246. The summed E-state index contributed by atoms with van der Waals surface area (Å²) in [4.78, 5) is 12.4. The number of amides is 1. The van der Waals surface area contributed by atoms with E-state index in [2.05, 4.69) is 0 Å². The van der Waals surface area contributed by atoms with Gasteiger partial charge >= 0.3 is 0 Å². The molecule has 7 heteroatoms. The third-order valence-corrected chi connectivity index (χ3v) is 4.04. The highest BCUT2D eigenvalue weighted by Gasteiger charge is 2.22. The van der Waals surface area contributed by atoms with Crippen LogP contribution in [0.5, 0.6) is 5.75 Å². The highest BCUT2D eigenvalue weighted by Crippen LogP contribution is 2.29. The number of carbonyl (C=O) groups excluding carboxylic acids is 1. The van der Waals surface area contributed by atoms with Crippen LogP contribution in [0, 0.1) is 6.92 Å². The second kappa shape index (κ2) is 6.00. The van der Waals surface area contributed by atoms with Gasteiger partial charge in [0.1, 0.15) is 5.75 Å². The summed E-state index contributed by atoms with van der Waals surface area (Å²) in [6.07, 6.45) is 1.87. The molecular formula is C15H20N2O4S. The first-order valence-corrected chi connectivity index (χ1v) is 8.86. The molecule has 0 aliphatic heterocycles. The molecule has 0 aliphatic carbocycles. The van der Waals surface area contributed by atoms with E-state index in [1.54, 1.807) is 13.2 Å². The molecule has 0 bridgehead atoms. The van der Waals surface area contributed by atoms with Crippen molar-refractivity contribution in [1.82, 2.24) is 9.29 Å². The number of hydrogen-bond donors (Lipinski definition) is 1. The quantitative estimate of drug-likeness (QED) is 0.913. The number of sulfonamides is 1. The fourth-order valence-electron chi connectivity index (χ4n) is 2.61. The summed E-state index contributed by atoms with van der Waals surface area (Å²) in [5.41, 5.74) is 2.00. The molecule has 6 nitrogen and oxygen atoms in total. The van der Waals surface area contributed by atoms with E-state index in [0.717, 1.165) is 30.4 Å². The lowest BCUT2D eigenvalue weighted by atomic mass is 10.1. The van der Waals surface area contributed by atoms with Gasteiger partial charge in [-0.05, 0) is 31.5 Å². The Labute approximate surface area is 130 Å². The lowest BCUT2D eigenvalue weighted by molar-refractivity contribution is 0.0982. The molecule has 1 N–H and O–H groups in total. The predicted molar refractivity (Wildman–Crippen MR) is 85.8 cm³/mol. The molecule has 0 spiro atoms. The molecule has 0 fully saturated rings. The molecule has 120 valence electrons. The minimum Gasteiger partial charge on any atom is -0.497 e. The normalized spacial score (nSPS) is 11.6. The third-order valence-electron chi connectivity index (χ3n) is 3.48. The van der Waals surface area contributed by atoms with E-state index < -0.39 is 15.9 Å². The van der Waals surface area contributed by atoms with Gasteiger partial charge in [-0.3, -0.25) is 4.79 Å². The molecule has 0 saturated heterocycles. The Hall–Kier alpha value is -2.02. The van der Waals surface area contributed by atoms with E-state index in [4.69, 9.17) is 4.74 Å². The van der Waals surface area contributed by atoms with Crippen molar-refractivity contribution in [2.24, 2.45) is 0 Å². The molecular weight excluding hydrogens is 304 g/mol. The minimum absolute atomic E-state index is 0.368. The van der Waals surface area contributed by atoms with E-state index >= 15 is 0 Å². The molecule has 2 rings (SSSR count). The van der Waals surface area contributed by atoms with Crippen LogP contribution in [0.25, 0.3) is 10.9 Å². The maximum atomic E-state index is 12.4. The number of hydrogen-bond acceptors (Lipinski definition) is 4. The second-order valence-electron chi connectivity index (χ2n) is 5.20. The molecule has 1 heterocycles. The third kappa shape index (κ3) is 3.09. The number of carbonyl (C=O) groups is 1. The zero-order valence-corrected chi connectivity index (χ0v) is 14.0. The average molecular weight is 324 g/mol. The van der Waals surface area contributed by atoms with Gasteiger partial charge in [-0.25, -0.2) is 13.1 Å². The van der Waals surface area contributed by atoms with Crippen LogP contribution in [0.2, 0.25) is 0 Å². The van der Waals surface area contributed by atoms with Gasteiger partial charge in [-0.15, -0.1) is 0 Å². The van der Waals surface area contributed by atoms with E-state index in [0.29, 0.717) is 16.7 Å². The first-order valence-electron chi connectivity index (χ1n) is 6.97. The lowest BCUT2D eigenvalue weighted by Gasteiger charge is -2.07. The first kappa shape index (κ1) is 16.4. The monoisotopic (exact) mass is 324 g/mol. The van der Waals surface area contributed by atoms with Crippen molar-refractivity contribution < 1.29 is 17.9 Å². The molecule has 0 aliphatic rings. The van der Waals surface area contributed by atoms with Crippen LogP contribution in [-0.2, 0) is 16.6 Å². The number of rotatable bonds is 5. The number of ether oxygens (including phenoxy) is 1. The molecule has 0 radical (unpaired) electrons. The number of benzene rings is 1. The first-order chi connectivity index (χ1) is 10.3. The van der Waals surface area contributed by atoms with Gasteiger partial charge in [-0.2, -0.15) is 0 Å². The summed E-state index contributed by atoms with van der Waals surface area (Å²) in [6, 6.07) is 5.46. The molecule has 0 saturated carbocycles. The van der Waals surface area contributed by atoms with E-state index in [-0.39, 0.29) is 0 Å². The number of aromatic nitrogens is 1. The maximum absolute atomic E-state index is 12.4. The van der Waals surface area contributed by atoms with Gasteiger partial charge in [0, 0.05) is 23.1 Å². The Morgan fingerprint density at radius 1 is 1.36 bits per heavy atom. The summed E-state index contributed by atoms with van der Waals surface area (Å²) < 4.78 is 32.0. The van der Waals surface area contributed by atoms with E-state index in [1.165, 1.54) is 0 Å². The van der Waals surface area contributed by atoms with Gasteiger partial charge in [0.05, 0.1) is 18.9 Å². The zero-order valence-electron chi connectivity index (χ0n) is 13.1. The molecule has 0 unspecified atom stereocenters. The molecule has 22 heavy (non-hydrogen) atoms. The van der Waals surface area contributed by atoms with Crippen LogP contribution < -0.4 is 9.46 Å². The van der Waals surface area contributed by atoms with Crippen LogP contribution in [0.4, 0.5) is 0 Å². The second-order valence-corrected chi connectivity index (χ2v) is 6.95. The maximum Gasteiger partial charge on any atom is 0.267 e. The van der Waals surface area contributed by atoms with Crippen molar-refractivity contribution in [1.29, 1.82) is 0 Å². The molecule has 1 aromatic carbocycles. The van der Waals surface area contributed by atoms with Crippen molar-refractivity contribution >= 4 is 26.8 Å². The summed E-state index contributed by atoms with van der Waals surface area (Å²) in [6.45, 7) is 4.62. The van der Waals surface area contributed by atoms with Crippen molar-refractivity contribution in [3.63, 3.8) is 0 Å². The molecule has 2 aromatic rings. The average Bonchev–Trinajstić information content (AvgIpc) is 2.69. The van der Waals surface area contributed by atoms with Crippen molar-refractivity contribution in [3.05, 3.63) is 29.5 Å². The fraction of sp³-hybridized carbons (Fsp3) is 0.400. The lowest BCUT2D eigenvalue weighted by Crippen LogP contribution is -2.29. The minimum atomic E-state index is -3.62. The van der Waals surface area contributed by atoms with Gasteiger partial charge in [0.15, 0.2) is 0 Å². The largest absolute Gasteiger partial charge is 0.497 e.